The number of nitrogens with zero attached hydrogens (tertiary/aromatic N) is 1. The van der Waals surface area contributed by atoms with E-state index >= 15 is 0 Å². The number of carbonyl (C=O) groups excluding carboxylic acids is 1. The number of thioether (sulfide) groups is 1. The predicted octanol–water partition coefficient (Wildman–Crippen LogP) is 3.59. The molecule has 0 aromatic heterocycles. The van der Waals surface area contributed by atoms with Crippen molar-refractivity contribution in [2.24, 2.45) is 0 Å². The lowest BCUT2D eigenvalue weighted by Crippen LogP contribution is -1.91. The normalized spacial score (nSPS) is 10.8. The van der Waals surface area contributed by atoms with Crippen molar-refractivity contribution in [3.05, 3.63) is 45.5 Å². The molecule has 5 heteroatoms. The first-order chi connectivity index (χ1) is 8.50. The Kier molecular flexibility index (Phi) is 5.58. The van der Waals surface area contributed by atoms with Crippen LogP contribution in [0.2, 0.25) is 0 Å². The Morgan fingerprint density at radius 1 is 1.50 bits per heavy atom. The van der Waals surface area contributed by atoms with E-state index in [0.29, 0.717) is 5.56 Å². The molecule has 0 amide bonds. The summed E-state index contributed by atoms with van der Waals surface area (Å²) >= 11 is 1.30. The molecule has 0 bridgehead atoms. The third kappa shape index (κ3) is 4.71. The van der Waals surface area contributed by atoms with E-state index in [1.165, 1.54) is 17.8 Å². The van der Waals surface area contributed by atoms with Crippen molar-refractivity contribution in [3.8, 4) is 0 Å². The summed E-state index contributed by atoms with van der Waals surface area (Å²) in [5, 5.41) is 10.8. The van der Waals surface area contributed by atoms with Crippen LogP contribution >= 0.6 is 11.8 Å². The van der Waals surface area contributed by atoms with Crippen LogP contribution in [0.15, 0.2) is 24.3 Å². The van der Waals surface area contributed by atoms with Crippen molar-refractivity contribution < 1.29 is 9.72 Å². The second kappa shape index (κ2) is 6.96. The van der Waals surface area contributed by atoms with Crippen molar-refractivity contribution in [2.45, 2.75) is 20.3 Å². The molecule has 0 heterocycles. The molecule has 1 aromatic carbocycles. The number of allylic oxidation sites excluding steroid dienone is 1. The van der Waals surface area contributed by atoms with Gasteiger partial charge in [0.05, 0.1) is 4.92 Å². The molecule has 0 aliphatic heterocycles. The fraction of sp³-hybridized carbons (Fsp3) is 0.308. The van der Waals surface area contributed by atoms with Gasteiger partial charge < -0.3 is 0 Å². The largest absolute Gasteiger partial charge is 0.288 e. The van der Waals surface area contributed by atoms with Crippen LogP contribution in [0, 0.1) is 17.0 Å². The minimum Gasteiger partial charge on any atom is -0.288 e. The van der Waals surface area contributed by atoms with Crippen molar-refractivity contribution in [1.82, 2.24) is 0 Å². The summed E-state index contributed by atoms with van der Waals surface area (Å²) in [6.45, 7) is 3.27. The van der Waals surface area contributed by atoms with Gasteiger partial charge in [-0.2, -0.15) is 0 Å². The number of benzene rings is 1. The van der Waals surface area contributed by atoms with Crippen molar-refractivity contribution >= 4 is 28.6 Å². The standard InChI is InChI=1S/C13H15NO3S/c1-10-9-12(6-7-13(10)14(16)17)5-3-4-8-18-11(2)15/h3,5-7,9H,4,8H2,1-2H3. The highest BCUT2D eigenvalue weighted by atomic mass is 32.2. The van der Waals surface area contributed by atoms with Gasteiger partial charge in [-0.1, -0.05) is 23.9 Å². The Morgan fingerprint density at radius 2 is 2.22 bits per heavy atom. The van der Waals surface area contributed by atoms with Gasteiger partial charge in [0, 0.05) is 24.3 Å². The molecule has 18 heavy (non-hydrogen) atoms. The maximum atomic E-state index is 10.7. The highest BCUT2D eigenvalue weighted by Crippen LogP contribution is 2.19. The van der Waals surface area contributed by atoms with Gasteiger partial charge in [0.1, 0.15) is 0 Å². The smallest absolute Gasteiger partial charge is 0.272 e. The second-order valence-corrected chi connectivity index (χ2v) is 5.11. The molecule has 0 radical (unpaired) electrons. The zero-order chi connectivity index (χ0) is 13.5. The second-order valence-electron chi connectivity index (χ2n) is 3.83. The molecule has 0 unspecified atom stereocenters. The van der Waals surface area contributed by atoms with Gasteiger partial charge in [-0.05, 0) is 31.0 Å². The number of nitro groups is 1. The lowest BCUT2D eigenvalue weighted by molar-refractivity contribution is -0.385. The van der Waals surface area contributed by atoms with Crippen LogP contribution in [0.5, 0.6) is 0 Å². The molecular weight excluding hydrogens is 250 g/mol. The maximum absolute atomic E-state index is 10.7. The highest BCUT2D eigenvalue weighted by molar-refractivity contribution is 8.13. The zero-order valence-electron chi connectivity index (χ0n) is 10.4. The topological polar surface area (TPSA) is 60.2 Å². The van der Waals surface area contributed by atoms with E-state index < -0.39 is 0 Å². The van der Waals surface area contributed by atoms with E-state index in [2.05, 4.69) is 0 Å². The van der Waals surface area contributed by atoms with Crippen molar-refractivity contribution in [2.75, 3.05) is 5.75 Å². The van der Waals surface area contributed by atoms with Crippen LogP contribution in [0.25, 0.3) is 6.08 Å². The van der Waals surface area contributed by atoms with Gasteiger partial charge >= 0.3 is 0 Å². The lowest BCUT2D eigenvalue weighted by Gasteiger charge is -1.98. The van der Waals surface area contributed by atoms with E-state index in [9.17, 15) is 14.9 Å². The molecular formula is C13H15NO3S. The average Bonchev–Trinajstić information content (AvgIpc) is 2.27. The monoisotopic (exact) mass is 265 g/mol. The first-order valence-electron chi connectivity index (χ1n) is 5.55. The Labute approximate surface area is 110 Å². The van der Waals surface area contributed by atoms with E-state index in [1.54, 1.807) is 26.0 Å². The molecule has 0 N–H and O–H groups in total. The van der Waals surface area contributed by atoms with Crippen molar-refractivity contribution in [3.63, 3.8) is 0 Å². The van der Waals surface area contributed by atoms with E-state index in [1.807, 2.05) is 12.2 Å². The molecule has 0 saturated heterocycles. The van der Waals surface area contributed by atoms with Gasteiger partial charge in [-0.25, -0.2) is 0 Å². The molecule has 4 nitrogen and oxygen atoms in total. The molecule has 1 aromatic rings. The van der Waals surface area contributed by atoms with E-state index in [0.717, 1.165) is 17.7 Å². The summed E-state index contributed by atoms with van der Waals surface area (Å²) in [6, 6.07) is 5.02. The van der Waals surface area contributed by atoms with Crippen LogP contribution < -0.4 is 0 Å². The van der Waals surface area contributed by atoms with Gasteiger partial charge in [-0.3, -0.25) is 14.9 Å². The minimum absolute atomic E-state index is 0.120. The number of hydrogen-bond donors (Lipinski definition) is 0. The average molecular weight is 265 g/mol. The fourth-order valence-corrected chi connectivity index (χ4v) is 2.02. The number of nitro benzene ring substituents is 1. The van der Waals surface area contributed by atoms with Gasteiger partial charge in [0.25, 0.3) is 5.69 Å². The SMILES string of the molecule is CC(=O)SCCC=Cc1ccc([N+](=O)[O-])c(C)c1. The number of carbonyl (C=O) groups is 1. The summed E-state index contributed by atoms with van der Waals surface area (Å²) in [7, 11) is 0. The first-order valence-corrected chi connectivity index (χ1v) is 6.54. The van der Waals surface area contributed by atoms with Crippen LogP contribution in [0.3, 0.4) is 0 Å². The number of rotatable bonds is 5. The number of hydrogen-bond acceptors (Lipinski definition) is 4. The Bertz CT molecular complexity index is 483. The van der Waals surface area contributed by atoms with Crippen LogP contribution in [0.4, 0.5) is 5.69 Å². The Hall–Kier alpha value is -1.62. The van der Waals surface area contributed by atoms with Crippen LogP contribution in [0.1, 0.15) is 24.5 Å². The quantitative estimate of drug-likeness (QED) is 0.464. The Morgan fingerprint density at radius 3 is 2.78 bits per heavy atom. The molecule has 0 saturated carbocycles. The van der Waals surface area contributed by atoms with Crippen LogP contribution in [-0.4, -0.2) is 15.8 Å². The molecule has 1 rings (SSSR count). The molecule has 0 spiro atoms. The summed E-state index contributed by atoms with van der Waals surface area (Å²) < 4.78 is 0. The third-order valence-corrected chi connectivity index (χ3v) is 3.16. The van der Waals surface area contributed by atoms with Crippen molar-refractivity contribution in [1.29, 1.82) is 0 Å². The van der Waals surface area contributed by atoms with Gasteiger partial charge in [0.15, 0.2) is 5.12 Å². The minimum atomic E-state index is -0.383. The maximum Gasteiger partial charge on any atom is 0.272 e. The predicted molar refractivity (Wildman–Crippen MR) is 74.6 cm³/mol. The summed E-state index contributed by atoms with van der Waals surface area (Å²) in [6.07, 6.45) is 4.69. The van der Waals surface area contributed by atoms with Gasteiger partial charge in [0.2, 0.25) is 0 Å². The summed E-state index contributed by atoms with van der Waals surface area (Å²) in [5.41, 5.74) is 1.73. The lowest BCUT2D eigenvalue weighted by atomic mass is 10.1. The third-order valence-electron chi connectivity index (χ3n) is 2.32. The summed E-state index contributed by atoms with van der Waals surface area (Å²) in [5.74, 6) is 0.762. The molecule has 0 aliphatic rings. The van der Waals surface area contributed by atoms with Gasteiger partial charge in [-0.15, -0.1) is 0 Å². The highest BCUT2D eigenvalue weighted by Gasteiger charge is 2.08. The van der Waals surface area contributed by atoms with E-state index in [-0.39, 0.29) is 15.7 Å². The van der Waals surface area contributed by atoms with Crippen LogP contribution in [-0.2, 0) is 4.79 Å². The fourth-order valence-electron chi connectivity index (χ4n) is 1.48. The number of aryl methyl sites for hydroxylation is 1. The molecule has 96 valence electrons. The zero-order valence-corrected chi connectivity index (χ0v) is 11.2. The molecule has 0 fully saturated rings. The summed E-state index contributed by atoms with van der Waals surface area (Å²) in [4.78, 5) is 21.0. The Balaban J connectivity index is 2.58. The molecule has 0 atom stereocenters. The molecule has 0 aliphatic carbocycles. The first kappa shape index (κ1) is 14.4. The van der Waals surface area contributed by atoms with E-state index in [4.69, 9.17) is 0 Å².